The lowest BCUT2D eigenvalue weighted by atomic mass is 9.82. The zero-order valence-electron chi connectivity index (χ0n) is 16.4. The highest BCUT2D eigenvalue weighted by molar-refractivity contribution is 7.19. The Morgan fingerprint density at radius 3 is 2.59 bits per heavy atom. The zero-order chi connectivity index (χ0) is 19.0. The number of quaternary nitrogens is 1. The molecular weight excluding hydrogens is 354 g/mol. The van der Waals surface area contributed by atoms with Gasteiger partial charge in [0.05, 0.1) is 15.8 Å². The Morgan fingerprint density at radius 2 is 1.85 bits per heavy atom. The second-order valence-corrected chi connectivity index (χ2v) is 9.93. The molecule has 0 atom stereocenters. The van der Waals surface area contributed by atoms with E-state index in [9.17, 15) is 0 Å². The summed E-state index contributed by atoms with van der Waals surface area (Å²) < 4.78 is 1.84. The summed E-state index contributed by atoms with van der Waals surface area (Å²) in [5.74, 6) is 0.755. The summed E-state index contributed by atoms with van der Waals surface area (Å²) in [6, 6.07) is 8.36. The van der Waals surface area contributed by atoms with Gasteiger partial charge in [-0.2, -0.15) is 0 Å². The van der Waals surface area contributed by atoms with E-state index in [1.54, 1.807) is 17.7 Å². The monoisotopic (exact) mass is 378 g/mol. The van der Waals surface area contributed by atoms with E-state index in [4.69, 9.17) is 15.1 Å². The molecule has 0 unspecified atom stereocenters. The number of aryl methyl sites for hydroxylation is 1. The molecule has 1 aromatic carbocycles. The van der Waals surface area contributed by atoms with Crippen molar-refractivity contribution in [2.75, 3.05) is 0 Å². The van der Waals surface area contributed by atoms with Crippen molar-refractivity contribution in [2.24, 2.45) is 0 Å². The molecule has 0 amide bonds. The van der Waals surface area contributed by atoms with Crippen LogP contribution in [0.15, 0.2) is 30.6 Å². The van der Waals surface area contributed by atoms with E-state index in [0.29, 0.717) is 0 Å². The van der Waals surface area contributed by atoms with Crippen LogP contribution in [0.1, 0.15) is 43.7 Å². The molecule has 0 spiro atoms. The molecule has 5 rings (SSSR count). The Hall–Kier alpha value is -2.31. The number of nitrogens with zero attached hydrogens (tertiary/aromatic N) is 4. The molecular formula is C21H24N5S+. The first-order chi connectivity index (χ1) is 12.7. The topological polar surface area (TPSA) is 59.7 Å². The van der Waals surface area contributed by atoms with Gasteiger partial charge in [0.15, 0.2) is 11.5 Å². The van der Waals surface area contributed by atoms with Gasteiger partial charge in [-0.15, -0.1) is 16.4 Å². The van der Waals surface area contributed by atoms with Crippen LogP contribution in [0.3, 0.4) is 0 Å². The van der Waals surface area contributed by atoms with E-state index in [1.165, 1.54) is 21.4 Å². The summed E-state index contributed by atoms with van der Waals surface area (Å²) >= 11 is 1.81. The summed E-state index contributed by atoms with van der Waals surface area (Å²) in [5, 5.41) is 8.36. The first kappa shape index (κ1) is 16.8. The lowest BCUT2D eigenvalue weighted by molar-refractivity contribution is -0.789. The maximum atomic E-state index is 4.92. The van der Waals surface area contributed by atoms with Crippen LogP contribution >= 0.6 is 11.3 Å². The summed E-state index contributed by atoms with van der Waals surface area (Å²) in [6.45, 7) is 11.3. The van der Waals surface area contributed by atoms with Crippen LogP contribution in [0.4, 0.5) is 0 Å². The molecule has 0 bridgehead atoms. The fourth-order valence-corrected chi connectivity index (χ4v) is 5.75. The van der Waals surface area contributed by atoms with Crippen LogP contribution in [0.25, 0.3) is 27.3 Å². The smallest absolute Gasteiger partial charge is 0.182 e. The van der Waals surface area contributed by atoms with Crippen LogP contribution in [-0.4, -0.2) is 25.1 Å². The zero-order valence-corrected chi connectivity index (χ0v) is 17.2. The van der Waals surface area contributed by atoms with Crippen molar-refractivity contribution in [3.05, 3.63) is 46.6 Å². The summed E-state index contributed by atoms with van der Waals surface area (Å²) in [7, 11) is 0. The first-order valence-corrected chi connectivity index (χ1v) is 10.2. The molecule has 0 saturated heterocycles. The summed E-state index contributed by atoms with van der Waals surface area (Å²) in [4.78, 5) is 12.1. The Labute approximate surface area is 162 Å². The summed E-state index contributed by atoms with van der Waals surface area (Å²) in [5.41, 5.74) is 4.78. The van der Waals surface area contributed by atoms with Crippen LogP contribution in [0, 0.1) is 6.92 Å². The van der Waals surface area contributed by atoms with Crippen LogP contribution in [-0.2, 0) is 12.0 Å². The third-order valence-corrected chi connectivity index (χ3v) is 6.89. The molecule has 2 N–H and O–H groups in total. The standard InChI is InChI=1S/C21H23N5S/c1-12-6-8-13(9-7-12)17-23-18-15-14-10-20(2,3)25-21(4,5)16(14)27-19(15)22-11-26(18)24-17/h6-9,11,25H,10H2,1-5H3/p+1. The third kappa shape index (κ3) is 2.58. The normalized spacial score (nSPS) is 18.1. The van der Waals surface area contributed by atoms with Crippen LogP contribution in [0.2, 0.25) is 0 Å². The Morgan fingerprint density at radius 1 is 1.11 bits per heavy atom. The van der Waals surface area contributed by atoms with E-state index in [-0.39, 0.29) is 11.1 Å². The van der Waals surface area contributed by atoms with Crippen molar-refractivity contribution in [1.29, 1.82) is 0 Å². The van der Waals surface area contributed by atoms with E-state index in [1.807, 2.05) is 4.52 Å². The number of rotatable bonds is 1. The van der Waals surface area contributed by atoms with Crippen molar-refractivity contribution in [3.8, 4) is 11.4 Å². The number of thiophene rings is 1. The second kappa shape index (κ2) is 5.36. The minimum absolute atomic E-state index is 0.0409. The summed E-state index contributed by atoms with van der Waals surface area (Å²) in [6.07, 6.45) is 2.81. The van der Waals surface area contributed by atoms with E-state index in [0.717, 1.165) is 28.3 Å². The molecule has 27 heavy (non-hydrogen) atoms. The molecule has 1 aliphatic heterocycles. The fraction of sp³-hybridized carbons (Fsp3) is 0.381. The van der Waals surface area contributed by atoms with Gasteiger partial charge in [0.25, 0.3) is 0 Å². The number of hydrogen-bond acceptors (Lipinski definition) is 4. The van der Waals surface area contributed by atoms with Gasteiger partial charge in [-0.1, -0.05) is 29.8 Å². The Kier molecular flexibility index (Phi) is 3.34. The van der Waals surface area contributed by atoms with Gasteiger partial charge in [-0.25, -0.2) is 14.5 Å². The number of hydrogen-bond donors (Lipinski definition) is 1. The fourth-order valence-electron chi connectivity index (χ4n) is 4.52. The largest absolute Gasteiger partial charge is 0.333 e. The Bertz CT molecular complexity index is 1180. The minimum Gasteiger partial charge on any atom is -0.333 e. The van der Waals surface area contributed by atoms with Crippen molar-refractivity contribution in [3.63, 3.8) is 0 Å². The Balaban J connectivity index is 1.78. The van der Waals surface area contributed by atoms with Crippen LogP contribution < -0.4 is 5.32 Å². The van der Waals surface area contributed by atoms with Gasteiger partial charge in [-0.05, 0) is 40.2 Å². The van der Waals surface area contributed by atoms with Gasteiger partial charge < -0.3 is 5.32 Å². The van der Waals surface area contributed by atoms with Gasteiger partial charge in [0.1, 0.15) is 16.7 Å². The van der Waals surface area contributed by atoms with Gasteiger partial charge in [0.2, 0.25) is 0 Å². The molecule has 1 aliphatic rings. The quantitative estimate of drug-likeness (QED) is 0.552. The maximum Gasteiger partial charge on any atom is 0.182 e. The lowest BCUT2D eigenvalue weighted by Crippen LogP contribution is -3.03. The second-order valence-electron chi connectivity index (χ2n) is 8.94. The molecule has 0 radical (unpaired) electrons. The molecule has 0 saturated carbocycles. The lowest BCUT2D eigenvalue weighted by Gasteiger charge is -2.38. The maximum absolute atomic E-state index is 4.92. The van der Waals surface area contributed by atoms with Crippen molar-refractivity contribution >= 4 is 27.2 Å². The third-order valence-electron chi connectivity index (χ3n) is 5.41. The molecule has 138 valence electrons. The highest BCUT2D eigenvalue weighted by atomic mass is 32.1. The van der Waals surface area contributed by atoms with Crippen molar-refractivity contribution in [1.82, 2.24) is 19.6 Å². The molecule has 0 aliphatic carbocycles. The number of fused-ring (bicyclic) bond motifs is 5. The molecule has 6 heteroatoms. The van der Waals surface area contributed by atoms with Crippen LogP contribution in [0.5, 0.6) is 0 Å². The molecule has 4 aromatic rings. The predicted octanol–water partition coefficient (Wildman–Crippen LogP) is 3.45. The average molecular weight is 379 g/mol. The van der Waals surface area contributed by atoms with Gasteiger partial charge in [-0.3, -0.25) is 0 Å². The molecule has 4 heterocycles. The van der Waals surface area contributed by atoms with E-state index < -0.39 is 0 Å². The SMILES string of the molecule is Cc1ccc(-c2nc3c4c5c(sc4ncn3n2)C(C)(C)[NH2+]C(C)(C)C5)cc1. The number of nitrogens with two attached hydrogens (primary N) is 1. The average Bonchev–Trinajstić information content (AvgIpc) is 3.15. The molecule has 5 nitrogen and oxygen atoms in total. The first-order valence-electron chi connectivity index (χ1n) is 9.35. The predicted molar refractivity (Wildman–Crippen MR) is 109 cm³/mol. The highest BCUT2D eigenvalue weighted by Gasteiger charge is 2.43. The van der Waals surface area contributed by atoms with E-state index in [2.05, 4.69) is 64.2 Å². The van der Waals surface area contributed by atoms with Gasteiger partial charge >= 0.3 is 0 Å². The van der Waals surface area contributed by atoms with Crippen molar-refractivity contribution < 1.29 is 5.32 Å². The highest BCUT2D eigenvalue weighted by Crippen LogP contribution is 2.41. The van der Waals surface area contributed by atoms with Crippen molar-refractivity contribution in [2.45, 2.75) is 52.1 Å². The molecule has 3 aromatic heterocycles. The van der Waals surface area contributed by atoms with Gasteiger partial charge in [0, 0.05) is 12.0 Å². The minimum atomic E-state index is 0.0409. The van der Waals surface area contributed by atoms with E-state index >= 15 is 0 Å². The molecule has 0 fully saturated rings. The number of aromatic nitrogens is 4. The number of benzene rings is 1.